The number of aliphatic carboxylic acids is 3. The maximum Gasteiger partial charge on any atom is 0.364 e. The summed E-state index contributed by atoms with van der Waals surface area (Å²) in [6.45, 7) is 0.954. The van der Waals surface area contributed by atoms with Crippen LogP contribution in [0.3, 0.4) is 0 Å². The van der Waals surface area contributed by atoms with Gasteiger partial charge in [-0.3, -0.25) is 4.79 Å². The number of aliphatic hydroxyl groups excluding tert-OH is 8. The molecule has 0 radical (unpaired) electrons. The molecular formula is C40H72N4O21. The molecule has 378 valence electrons. The Kier molecular flexibility index (Phi) is 22.2. The van der Waals surface area contributed by atoms with Crippen molar-refractivity contribution >= 4 is 23.8 Å². The Balaban J connectivity index is 1.81. The number of carboxylic acids is 3. The molecule has 0 aromatic heterocycles. The van der Waals surface area contributed by atoms with E-state index in [1.165, 1.54) is 32.1 Å². The van der Waals surface area contributed by atoms with Crippen molar-refractivity contribution in [1.82, 2.24) is 10.6 Å². The maximum atomic E-state index is 13.0. The van der Waals surface area contributed by atoms with Crippen LogP contribution in [0.2, 0.25) is 0 Å². The number of unbranched alkanes of at least 4 members (excludes halogenated alkanes) is 9. The van der Waals surface area contributed by atoms with E-state index in [0.717, 1.165) is 39.0 Å². The van der Waals surface area contributed by atoms with Gasteiger partial charge in [-0.25, -0.2) is 14.4 Å². The highest BCUT2D eigenvalue weighted by Gasteiger charge is 2.60. The second-order valence-electron chi connectivity index (χ2n) is 17.3. The molecule has 3 rings (SSSR count). The van der Waals surface area contributed by atoms with Crippen molar-refractivity contribution in [1.29, 1.82) is 0 Å². The molecule has 16 unspecified atom stereocenters. The van der Waals surface area contributed by atoms with Crippen molar-refractivity contribution < 1.29 is 104 Å². The molecule has 3 aliphatic rings. The van der Waals surface area contributed by atoms with Crippen molar-refractivity contribution in [3.8, 4) is 0 Å². The molecule has 1 amide bonds. The first-order valence-electron chi connectivity index (χ1n) is 22.1. The summed E-state index contributed by atoms with van der Waals surface area (Å²) in [4.78, 5) is 49.7. The Hall–Kier alpha value is -2.80. The summed E-state index contributed by atoms with van der Waals surface area (Å²) in [6, 6.07) is -4.79. The molecule has 0 spiro atoms. The standard InChI is InChI=1S/C40H72N4O21/c1-3-4-5-6-7-8-9-10-11-12-13-43-17-24(51)32-29(44-20(2)47)23(50)16-40(64-32,37(58)59)62-26(19-46)31(53)34-28(42)22(49)15-39(65-34,36(56)57)61-25(18-45)30(52)33-27(41)21(48)14-38(60,63-33)35(54)55/h21-34,43,45-46,48-53,60H,3-19,41-42H2,1-2H3,(H,44,47)(H,54,55)(H,56,57)(H,58,59)/t21?,22?,23?,24?,25?,26?,27?,28?,29?,30?,31?,32?,33-,34?,38?,39?,40?/m0/s1. The number of carbonyl (C=O) groups is 4. The Morgan fingerprint density at radius 3 is 1.54 bits per heavy atom. The molecule has 3 heterocycles. The topological polar surface area (TPSA) is 433 Å². The summed E-state index contributed by atoms with van der Waals surface area (Å²) in [5, 5.41) is 134. The van der Waals surface area contributed by atoms with Gasteiger partial charge in [-0.15, -0.1) is 0 Å². The number of amides is 1. The third kappa shape index (κ3) is 14.6. The van der Waals surface area contributed by atoms with Crippen molar-refractivity contribution in [2.24, 2.45) is 11.5 Å². The molecule has 3 saturated heterocycles. The fraction of sp³-hybridized carbons (Fsp3) is 0.900. The van der Waals surface area contributed by atoms with Gasteiger partial charge in [-0.1, -0.05) is 64.7 Å². The maximum absolute atomic E-state index is 13.0. The van der Waals surface area contributed by atoms with Gasteiger partial charge in [0.25, 0.3) is 17.4 Å². The highest BCUT2D eigenvalue weighted by Crippen LogP contribution is 2.39. The lowest BCUT2D eigenvalue weighted by Crippen LogP contribution is -2.70. The molecule has 0 aliphatic carbocycles. The van der Waals surface area contributed by atoms with Crippen LogP contribution in [0.25, 0.3) is 0 Å². The summed E-state index contributed by atoms with van der Waals surface area (Å²) in [7, 11) is 0. The molecule has 0 aromatic rings. The van der Waals surface area contributed by atoms with E-state index in [1.807, 2.05) is 0 Å². The third-order valence-corrected chi connectivity index (χ3v) is 12.1. The van der Waals surface area contributed by atoms with Crippen LogP contribution in [-0.2, 0) is 42.9 Å². The average molecular weight is 945 g/mol. The normalized spacial score (nSPS) is 35.4. The van der Waals surface area contributed by atoms with E-state index >= 15 is 0 Å². The van der Waals surface area contributed by atoms with Crippen molar-refractivity contribution in [3.63, 3.8) is 0 Å². The minimum absolute atomic E-state index is 0.198. The van der Waals surface area contributed by atoms with Crippen molar-refractivity contribution in [2.45, 2.75) is 200 Å². The van der Waals surface area contributed by atoms with Gasteiger partial charge in [0.05, 0.1) is 55.8 Å². The number of aliphatic hydroxyl groups is 9. The van der Waals surface area contributed by atoms with Crippen LogP contribution in [0, 0.1) is 0 Å². The largest absolute Gasteiger partial charge is 0.477 e. The fourth-order valence-electron chi connectivity index (χ4n) is 8.37. The minimum atomic E-state index is -3.17. The number of carboxylic acid groups (broad SMARTS) is 3. The zero-order chi connectivity index (χ0) is 48.9. The van der Waals surface area contributed by atoms with E-state index in [9.17, 15) is 80.5 Å². The van der Waals surface area contributed by atoms with Gasteiger partial charge >= 0.3 is 17.9 Å². The highest BCUT2D eigenvalue weighted by atomic mass is 16.8. The van der Waals surface area contributed by atoms with Crippen LogP contribution >= 0.6 is 0 Å². The Bertz CT molecular complexity index is 1520. The van der Waals surface area contributed by atoms with E-state index < -0.39 is 159 Å². The lowest BCUT2D eigenvalue weighted by molar-refractivity contribution is -0.353. The van der Waals surface area contributed by atoms with Crippen molar-refractivity contribution in [2.75, 3.05) is 26.3 Å². The van der Waals surface area contributed by atoms with Gasteiger partial charge in [0, 0.05) is 32.7 Å². The molecular weight excluding hydrogens is 872 g/mol. The fourth-order valence-corrected chi connectivity index (χ4v) is 8.37. The van der Waals surface area contributed by atoms with Gasteiger partial charge < -0.3 is 107 Å². The van der Waals surface area contributed by atoms with Gasteiger partial charge in [-0.05, 0) is 13.0 Å². The predicted molar refractivity (Wildman–Crippen MR) is 220 cm³/mol. The second-order valence-corrected chi connectivity index (χ2v) is 17.3. The Labute approximate surface area is 375 Å². The Morgan fingerprint density at radius 1 is 0.662 bits per heavy atom. The summed E-state index contributed by atoms with van der Waals surface area (Å²) in [5.41, 5.74) is 12.0. The number of nitrogens with two attached hydrogens (primary N) is 2. The molecule has 0 saturated carbocycles. The Morgan fingerprint density at radius 2 is 1.09 bits per heavy atom. The number of carbonyl (C=O) groups excluding carboxylic acids is 1. The van der Waals surface area contributed by atoms with E-state index in [1.54, 1.807) is 0 Å². The van der Waals surface area contributed by atoms with Gasteiger partial charge in [0.15, 0.2) is 0 Å². The minimum Gasteiger partial charge on any atom is -0.477 e. The molecule has 17 atom stereocenters. The number of hydrogen-bond donors (Lipinski definition) is 16. The molecule has 25 nitrogen and oxygen atoms in total. The molecule has 3 fully saturated rings. The summed E-state index contributed by atoms with van der Waals surface area (Å²) < 4.78 is 27.7. The number of hydrogen-bond acceptors (Lipinski definition) is 21. The summed E-state index contributed by atoms with van der Waals surface area (Å²) in [6.07, 6.45) is -14.2. The van der Waals surface area contributed by atoms with Crippen LogP contribution < -0.4 is 22.1 Å². The zero-order valence-corrected chi connectivity index (χ0v) is 36.8. The predicted octanol–water partition coefficient (Wildman–Crippen LogP) is -4.72. The SMILES string of the molecule is CCCCCCCCCCCCNCC(O)C1OC(OC(CO)C(O)C2OC(OC(CO)C(O)[C@H]3OC(O)(C(=O)O)CC(O)C3N)(C(=O)O)CC(O)C2N)(C(=O)O)CC(O)C1NC(C)=O. The first-order chi connectivity index (χ1) is 30.5. The average Bonchev–Trinajstić information content (AvgIpc) is 3.24. The van der Waals surface area contributed by atoms with E-state index in [4.69, 9.17) is 35.2 Å². The molecule has 18 N–H and O–H groups in total. The quantitative estimate of drug-likeness (QED) is 0.0328. The summed E-state index contributed by atoms with van der Waals surface area (Å²) in [5.74, 6) is -15.9. The smallest absolute Gasteiger partial charge is 0.364 e. The van der Waals surface area contributed by atoms with E-state index in [0.29, 0.717) is 6.54 Å². The lowest BCUT2D eigenvalue weighted by Gasteiger charge is -2.49. The highest BCUT2D eigenvalue weighted by molar-refractivity contribution is 5.77. The van der Waals surface area contributed by atoms with Crippen molar-refractivity contribution in [3.05, 3.63) is 0 Å². The van der Waals surface area contributed by atoms with Crippen LogP contribution in [0.4, 0.5) is 0 Å². The number of ether oxygens (including phenoxy) is 5. The van der Waals surface area contributed by atoms with Crippen LogP contribution in [-0.4, -0.2) is 214 Å². The molecule has 65 heavy (non-hydrogen) atoms. The zero-order valence-electron chi connectivity index (χ0n) is 36.8. The van der Waals surface area contributed by atoms with E-state index in [-0.39, 0.29) is 6.54 Å². The van der Waals surface area contributed by atoms with Crippen LogP contribution in [0.15, 0.2) is 0 Å². The molecule has 0 aromatic carbocycles. The second kappa shape index (κ2) is 25.5. The molecule has 3 aliphatic heterocycles. The van der Waals surface area contributed by atoms with Crippen LogP contribution in [0.1, 0.15) is 97.3 Å². The molecule has 0 bridgehead atoms. The first kappa shape index (κ1) is 56.5. The monoisotopic (exact) mass is 944 g/mol. The number of nitrogens with one attached hydrogen (secondary N) is 2. The summed E-state index contributed by atoms with van der Waals surface area (Å²) >= 11 is 0. The van der Waals surface area contributed by atoms with Gasteiger partial charge in [-0.2, -0.15) is 0 Å². The number of rotatable bonds is 28. The third-order valence-electron chi connectivity index (χ3n) is 12.1. The lowest BCUT2D eigenvalue weighted by atomic mass is 9.87. The van der Waals surface area contributed by atoms with E-state index in [2.05, 4.69) is 17.6 Å². The molecule has 25 heteroatoms. The first-order valence-corrected chi connectivity index (χ1v) is 22.1. The van der Waals surface area contributed by atoms with Crippen LogP contribution in [0.5, 0.6) is 0 Å². The van der Waals surface area contributed by atoms with Gasteiger partial charge in [0.1, 0.15) is 42.7 Å². The van der Waals surface area contributed by atoms with Gasteiger partial charge in [0.2, 0.25) is 5.91 Å².